The Balaban J connectivity index is 1.95. The maximum Gasteiger partial charge on any atom is 0.228 e. The number of carbonyl (C=O) groups is 1. The van der Waals surface area contributed by atoms with Crippen molar-refractivity contribution in [2.75, 3.05) is 20.1 Å². The van der Waals surface area contributed by atoms with E-state index >= 15 is 0 Å². The lowest BCUT2D eigenvalue weighted by molar-refractivity contribution is -0.131. The minimum Gasteiger partial charge on any atom is -0.338 e. The Morgan fingerprint density at radius 3 is 3.18 bits per heavy atom. The van der Waals surface area contributed by atoms with Crippen LogP contribution in [-0.4, -0.2) is 42.0 Å². The second kappa shape index (κ2) is 5.60. The average Bonchev–Trinajstić information content (AvgIpc) is 2.88. The summed E-state index contributed by atoms with van der Waals surface area (Å²) in [5.74, 6) is 0.216. The van der Waals surface area contributed by atoms with Gasteiger partial charge < -0.3 is 10.2 Å². The summed E-state index contributed by atoms with van der Waals surface area (Å²) >= 11 is 1.61. The predicted molar refractivity (Wildman–Crippen MR) is 69.2 cm³/mol. The zero-order valence-corrected chi connectivity index (χ0v) is 11.2. The molecule has 1 aliphatic heterocycles. The van der Waals surface area contributed by atoms with E-state index in [-0.39, 0.29) is 5.91 Å². The zero-order valence-electron chi connectivity index (χ0n) is 10.4. The molecule has 1 N–H and O–H groups in total. The number of nitrogens with zero attached hydrogens (tertiary/aromatic N) is 2. The van der Waals surface area contributed by atoms with Crippen LogP contribution in [0.4, 0.5) is 0 Å². The number of carbonyl (C=O) groups excluding carboxylic acids is 1. The molecule has 1 aliphatic rings. The Labute approximate surface area is 106 Å². The molecular formula is C12H19N3OS. The molecule has 0 saturated carbocycles. The van der Waals surface area contributed by atoms with Crippen molar-refractivity contribution in [2.45, 2.75) is 32.2 Å². The predicted octanol–water partition coefficient (Wildman–Crippen LogP) is 1.20. The number of likely N-dealkylation sites (tertiary alicyclic amines) is 1. The number of nitrogens with one attached hydrogen (secondary N) is 1. The topological polar surface area (TPSA) is 45.2 Å². The smallest absolute Gasteiger partial charge is 0.228 e. The van der Waals surface area contributed by atoms with Gasteiger partial charge in [0.1, 0.15) is 0 Å². The molecule has 2 rings (SSSR count). The van der Waals surface area contributed by atoms with Crippen molar-refractivity contribution in [1.29, 1.82) is 0 Å². The van der Waals surface area contributed by atoms with Gasteiger partial charge in [-0.2, -0.15) is 0 Å². The summed E-state index contributed by atoms with van der Waals surface area (Å²) in [6, 6.07) is 0.368. The minimum absolute atomic E-state index is 0.216. The molecule has 0 radical (unpaired) electrons. The standard InChI is InChI=1S/C12H19N3OS/c1-9-14-10(8-17-9)6-12(16)15-5-3-4-11(15)7-13-2/h8,11,13H,3-7H2,1-2H3. The highest BCUT2D eigenvalue weighted by atomic mass is 32.1. The van der Waals surface area contributed by atoms with Crippen LogP contribution < -0.4 is 5.32 Å². The van der Waals surface area contributed by atoms with Gasteiger partial charge in [0.25, 0.3) is 0 Å². The Bertz CT molecular complexity index is 391. The fourth-order valence-corrected chi connectivity index (χ4v) is 2.97. The molecule has 0 spiro atoms. The van der Waals surface area contributed by atoms with Crippen molar-refractivity contribution in [3.05, 3.63) is 16.1 Å². The lowest BCUT2D eigenvalue weighted by Crippen LogP contribution is -2.41. The maximum absolute atomic E-state index is 12.2. The van der Waals surface area contributed by atoms with Crippen molar-refractivity contribution in [1.82, 2.24) is 15.2 Å². The van der Waals surface area contributed by atoms with Gasteiger partial charge in [0.15, 0.2) is 0 Å². The summed E-state index contributed by atoms with van der Waals surface area (Å²) in [6.45, 7) is 3.76. The van der Waals surface area contributed by atoms with Gasteiger partial charge in [-0.1, -0.05) is 0 Å². The van der Waals surface area contributed by atoms with Gasteiger partial charge >= 0.3 is 0 Å². The summed E-state index contributed by atoms with van der Waals surface area (Å²) in [4.78, 5) is 18.5. The van der Waals surface area contributed by atoms with Gasteiger partial charge in [-0.15, -0.1) is 11.3 Å². The van der Waals surface area contributed by atoms with E-state index in [1.807, 2.05) is 24.3 Å². The molecular weight excluding hydrogens is 234 g/mol. The van der Waals surface area contributed by atoms with Gasteiger partial charge in [-0.25, -0.2) is 4.98 Å². The zero-order chi connectivity index (χ0) is 12.3. The fraction of sp³-hybridized carbons (Fsp3) is 0.667. The molecule has 1 fully saturated rings. The fourth-order valence-electron chi connectivity index (χ4n) is 2.36. The summed E-state index contributed by atoms with van der Waals surface area (Å²) in [7, 11) is 1.94. The number of likely N-dealkylation sites (N-methyl/N-ethyl adjacent to an activating group) is 1. The molecule has 0 aliphatic carbocycles. The first-order valence-electron chi connectivity index (χ1n) is 6.06. The molecule has 4 nitrogen and oxygen atoms in total. The quantitative estimate of drug-likeness (QED) is 0.877. The first kappa shape index (κ1) is 12.5. The van der Waals surface area contributed by atoms with Crippen LogP contribution in [0.2, 0.25) is 0 Å². The van der Waals surface area contributed by atoms with E-state index in [2.05, 4.69) is 10.3 Å². The average molecular weight is 253 g/mol. The second-order valence-corrected chi connectivity index (χ2v) is 5.54. The SMILES string of the molecule is CNCC1CCCN1C(=O)Cc1csc(C)n1. The van der Waals surface area contributed by atoms with Gasteiger partial charge in [0, 0.05) is 24.5 Å². The number of aromatic nitrogens is 1. The Morgan fingerprint density at radius 2 is 2.53 bits per heavy atom. The molecule has 17 heavy (non-hydrogen) atoms. The first-order chi connectivity index (χ1) is 8.20. The molecule has 1 amide bonds. The van der Waals surface area contributed by atoms with E-state index in [0.29, 0.717) is 12.5 Å². The van der Waals surface area contributed by atoms with Crippen molar-refractivity contribution >= 4 is 17.2 Å². The van der Waals surface area contributed by atoms with Crippen LogP contribution in [0, 0.1) is 6.92 Å². The third-order valence-corrected chi connectivity index (χ3v) is 3.96. The molecule has 5 heteroatoms. The van der Waals surface area contributed by atoms with Crippen LogP contribution in [0.25, 0.3) is 0 Å². The van der Waals surface area contributed by atoms with Crippen LogP contribution in [0.3, 0.4) is 0 Å². The van der Waals surface area contributed by atoms with Crippen molar-refractivity contribution in [3.63, 3.8) is 0 Å². The molecule has 2 heterocycles. The molecule has 1 atom stereocenters. The third-order valence-electron chi connectivity index (χ3n) is 3.14. The van der Waals surface area contributed by atoms with Crippen LogP contribution in [-0.2, 0) is 11.2 Å². The van der Waals surface area contributed by atoms with Crippen LogP contribution >= 0.6 is 11.3 Å². The minimum atomic E-state index is 0.216. The summed E-state index contributed by atoms with van der Waals surface area (Å²) < 4.78 is 0. The van der Waals surface area contributed by atoms with Crippen molar-refractivity contribution < 1.29 is 4.79 Å². The first-order valence-corrected chi connectivity index (χ1v) is 6.93. The molecule has 1 unspecified atom stereocenters. The Morgan fingerprint density at radius 1 is 1.71 bits per heavy atom. The molecule has 0 bridgehead atoms. The lowest BCUT2D eigenvalue weighted by Gasteiger charge is -2.24. The Kier molecular flexibility index (Phi) is 4.12. The van der Waals surface area contributed by atoms with Gasteiger partial charge in [0.05, 0.1) is 17.1 Å². The highest BCUT2D eigenvalue weighted by Gasteiger charge is 2.28. The number of hydrogen-bond acceptors (Lipinski definition) is 4. The van der Waals surface area contributed by atoms with Gasteiger partial charge in [-0.3, -0.25) is 4.79 Å². The number of thiazole rings is 1. The third kappa shape index (κ3) is 3.04. The molecule has 1 aromatic rings. The largest absolute Gasteiger partial charge is 0.338 e. The highest BCUT2D eigenvalue weighted by Crippen LogP contribution is 2.18. The van der Waals surface area contributed by atoms with Gasteiger partial charge in [0.2, 0.25) is 5.91 Å². The van der Waals surface area contributed by atoms with Crippen LogP contribution in [0.15, 0.2) is 5.38 Å². The van der Waals surface area contributed by atoms with Crippen LogP contribution in [0.1, 0.15) is 23.5 Å². The summed E-state index contributed by atoms with van der Waals surface area (Å²) in [6.07, 6.45) is 2.68. The molecule has 0 aromatic carbocycles. The second-order valence-electron chi connectivity index (χ2n) is 4.48. The monoisotopic (exact) mass is 253 g/mol. The van der Waals surface area contributed by atoms with E-state index in [4.69, 9.17) is 0 Å². The molecule has 1 aromatic heterocycles. The molecule has 94 valence electrons. The number of aryl methyl sites for hydroxylation is 1. The van der Waals surface area contributed by atoms with E-state index in [9.17, 15) is 4.79 Å². The van der Waals surface area contributed by atoms with Crippen molar-refractivity contribution in [3.8, 4) is 0 Å². The number of rotatable bonds is 4. The van der Waals surface area contributed by atoms with E-state index in [1.165, 1.54) is 0 Å². The van der Waals surface area contributed by atoms with Gasteiger partial charge in [-0.05, 0) is 26.8 Å². The summed E-state index contributed by atoms with van der Waals surface area (Å²) in [5.41, 5.74) is 0.910. The highest BCUT2D eigenvalue weighted by molar-refractivity contribution is 7.09. The Hall–Kier alpha value is -0.940. The summed E-state index contributed by atoms with van der Waals surface area (Å²) in [5, 5.41) is 6.17. The maximum atomic E-state index is 12.2. The van der Waals surface area contributed by atoms with E-state index in [1.54, 1.807) is 11.3 Å². The normalized spacial score (nSPS) is 19.9. The van der Waals surface area contributed by atoms with Crippen LogP contribution in [0.5, 0.6) is 0 Å². The number of hydrogen-bond donors (Lipinski definition) is 1. The number of amides is 1. The van der Waals surface area contributed by atoms with Crippen molar-refractivity contribution in [2.24, 2.45) is 0 Å². The molecule has 1 saturated heterocycles. The van der Waals surface area contributed by atoms with E-state index < -0.39 is 0 Å². The lowest BCUT2D eigenvalue weighted by atomic mass is 10.2. The van der Waals surface area contributed by atoms with E-state index in [0.717, 1.165) is 36.6 Å².